The van der Waals surface area contributed by atoms with Gasteiger partial charge in [0.1, 0.15) is 0 Å². The molecule has 0 saturated heterocycles. The van der Waals surface area contributed by atoms with Crippen LogP contribution < -0.4 is 0 Å². The minimum atomic E-state index is 0. The van der Waals surface area contributed by atoms with Crippen molar-refractivity contribution in [3.63, 3.8) is 0 Å². The van der Waals surface area contributed by atoms with Gasteiger partial charge in [-0.2, -0.15) is 0 Å². The zero-order chi connectivity index (χ0) is 8.97. The van der Waals surface area contributed by atoms with Crippen LogP contribution in [0.3, 0.4) is 0 Å². The van der Waals surface area contributed by atoms with Gasteiger partial charge in [-0.05, 0) is 45.6 Å². The van der Waals surface area contributed by atoms with E-state index in [1.165, 1.54) is 16.2 Å². The molecule has 3 heteroatoms. The molecule has 1 rings (SSSR count). The van der Waals surface area contributed by atoms with Crippen LogP contribution in [0.5, 0.6) is 5.06 Å². The van der Waals surface area contributed by atoms with Crippen LogP contribution in [0.2, 0.25) is 0 Å². The van der Waals surface area contributed by atoms with E-state index in [-0.39, 0.29) is 7.43 Å². The second-order valence-electron chi connectivity index (χ2n) is 3.15. The normalized spacial score (nSPS) is 10.1. The maximum atomic E-state index is 9.07. The van der Waals surface area contributed by atoms with E-state index < -0.39 is 0 Å². The predicted molar refractivity (Wildman–Crippen MR) is 59.6 cm³/mol. The molecular weight excluding hydrogens is 182 g/mol. The molecule has 1 heterocycles. The number of aromatic hydroxyl groups is 1. The molecule has 0 atom stereocenters. The maximum absolute atomic E-state index is 9.07. The average molecular weight is 201 g/mol. The van der Waals surface area contributed by atoms with Crippen molar-refractivity contribution in [1.29, 1.82) is 0 Å². The summed E-state index contributed by atoms with van der Waals surface area (Å²) in [6, 6.07) is 3.76. The molecule has 0 aliphatic carbocycles. The standard InChI is InChI=1S/C9H15NOS.CH4/c1-10(2)7-3-4-8-5-6-9(11)12-8;/h5-6,11H,3-4,7H2,1-2H3;1H4. The number of nitrogens with zero attached hydrogens (tertiary/aromatic N) is 1. The fourth-order valence-corrected chi connectivity index (χ4v) is 1.86. The minimum absolute atomic E-state index is 0. The molecule has 0 aromatic carbocycles. The van der Waals surface area contributed by atoms with Crippen molar-refractivity contribution in [1.82, 2.24) is 4.90 Å². The van der Waals surface area contributed by atoms with Crippen molar-refractivity contribution >= 4 is 11.3 Å². The third-order valence-electron chi connectivity index (χ3n) is 1.68. The lowest BCUT2D eigenvalue weighted by molar-refractivity contribution is 0.401. The molecule has 0 spiro atoms. The zero-order valence-corrected chi connectivity index (χ0v) is 8.40. The second-order valence-corrected chi connectivity index (χ2v) is 4.29. The van der Waals surface area contributed by atoms with E-state index in [1.54, 1.807) is 6.07 Å². The van der Waals surface area contributed by atoms with Crippen LogP contribution in [0.1, 0.15) is 18.7 Å². The predicted octanol–water partition coefficient (Wildman–Crippen LogP) is 2.58. The lowest BCUT2D eigenvalue weighted by Crippen LogP contribution is -2.13. The summed E-state index contributed by atoms with van der Waals surface area (Å²) in [7, 11) is 4.15. The summed E-state index contributed by atoms with van der Waals surface area (Å²) in [5, 5.41) is 9.50. The number of aryl methyl sites for hydroxylation is 1. The molecule has 1 aromatic heterocycles. The van der Waals surface area contributed by atoms with Crippen molar-refractivity contribution in [3.05, 3.63) is 17.0 Å². The van der Waals surface area contributed by atoms with E-state index in [9.17, 15) is 0 Å². The zero-order valence-electron chi connectivity index (χ0n) is 7.58. The smallest absolute Gasteiger partial charge is 0.171 e. The van der Waals surface area contributed by atoms with Crippen LogP contribution in [-0.2, 0) is 6.42 Å². The molecule has 0 bridgehead atoms. The van der Waals surface area contributed by atoms with Gasteiger partial charge in [-0.3, -0.25) is 0 Å². The Labute approximate surface area is 84.8 Å². The molecule has 2 nitrogen and oxygen atoms in total. The van der Waals surface area contributed by atoms with Gasteiger partial charge < -0.3 is 10.0 Å². The Hall–Kier alpha value is -0.540. The number of hydrogen-bond acceptors (Lipinski definition) is 3. The van der Waals surface area contributed by atoms with Crippen molar-refractivity contribution in [2.75, 3.05) is 20.6 Å². The van der Waals surface area contributed by atoms with Crippen LogP contribution in [0.15, 0.2) is 12.1 Å². The van der Waals surface area contributed by atoms with Crippen LogP contribution in [0.25, 0.3) is 0 Å². The molecule has 0 amide bonds. The number of thiophene rings is 1. The summed E-state index contributed by atoms with van der Waals surface area (Å²) < 4.78 is 0. The van der Waals surface area contributed by atoms with E-state index in [1.807, 2.05) is 6.07 Å². The summed E-state index contributed by atoms with van der Waals surface area (Å²) in [6.45, 7) is 1.11. The monoisotopic (exact) mass is 201 g/mol. The van der Waals surface area contributed by atoms with Crippen LogP contribution in [-0.4, -0.2) is 30.6 Å². The topological polar surface area (TPSA) is 23.5 Å². The van der Waals surface area contributed by atoms with Gasteiger partial charge in [0.15, 0.2) is 5.06 Å². The van der Waals surface area contributed by atoms with Crippen LogP contribution >= 0.6 is 11.3 Å². The second kappa shape index (κ2) is 6.00. The van der Waals surface area contributed by atoms with E-state index in [0.717, 1.165) is 19.4 Å². The Morgan fingerprint density at radius 2 is 2.08 bits per heavy atom. The summed E-state index contributed by atoms with van der Waals surface area (Å²) in [5.74, 6) is 0. The summed E-state index contributed by atoms with van der Waals surface area (Å²) in [5.41, 5.74) is 0. The molecule has 13 heavy (non-hydrogen) atoms. The first kappa shape index (κ1) is 12.5. The molecule has 0 aliphatic heterocycles. The van der Waals surface area contributed by atoms with Crippen molar-refractivity contribution in [2.45, 2.75) is 20.3 Å². The molecule has 0 fully saturated rings. The summed E-state index contributed by atoms with van der Waals surface area (Å²) in [6.07, 6.45) is 2.23. The molecule has 76 valence electrons. The molecule has 1 aromatic rings. The van der Waals surface area contributed by atoms with Crippen molar-refractivity contribution < 1.29 is 5.11 Å². The Morgan fingerprint density at radius 3 is 2.54 bits per heavy atom. The van der Waals surface area contributed by atoms with Gasteiger partial charge in [-0.1, -0.05) is 7.43 Å². The fraction of sp³-hybridized carbons (Fsp3) is 0.600. The number of hydrogen-bond donors (Lipinski definition) is 1. The van der Waals surface area contributed by atoms with Gasteiger partial charge in [0, 0.05) is 4.88 Å². The van der Waals surface area contributed by atoms with Crippen molar-refractivity contribution in [3.8, 4) is 5.06 Å². The van der Waals surface area contributed by atoms with Gasteiger partial charge in [0.2, 0.25) is 0 Å². The molecule has 0 unspecified atom stereocenters. The Morgan fingerprint density at radius 1 is 1.38 bits per heavy atom. The van der Waals surface area contributed by atoms with Gasteiger partial charge in [-0.25, -0.2) is 0 Å². The molecule has 0 saturated carbocycles. The van der Waals surface area contributed by atoms with Crippen LogP contribution in [0, 0.1) is 0 Å². The maximum Gasteiger partial charge on any atom is 0.171 e. The Kier molecular flexibility index (Phi) is 5.75. The van der Waals surface area contributed by atoms with Crippen LogP contribution in [0.4, 0.5) is 0 Å². The highest BCUT2D eigenvalue weighted by molar-refractivity contribution is 7.13. The first-order valence-electron chi connectivity index (χ1n) is 4.11. The van der Waals surface area contributed by atoms with E-state index in [0.29, 0.717) is 5.06 Å². The third kappa shape index (κ3) is 4.90. The Bertz CT molecular complexity index is 233. The highest BCUT2D eigenvalue weighted by Crippen LogP contribution is 2.23. The molecular formula is C10H19NOS. The lowest BCUT2D eigenvalue weighted by atomic mass is 10.2. The van der Waals surface area contributed by atoms with Gasteiger partial charge in [0.25, 0.3) is 0 Å². The summed E-state index contributed by atoms with van der Waals surface area (Å²) in [4.78, 5) is 3.45. The van der Waals surface area contributed by atoms with E-state index in [4.69, 9.17) is 5.11 Å². The first-order chi connectivity index (χ1) is 5.68. The molecule has 0 radical (unpaired) electrons. The molecule has 1 N–H and O–H groups in total. The first-order valence-corrected chi connectivity index (χ1v) is 4.92. The fourth-order valence-electron chi connectivity index (χ4n) is 1.07. The average Bonchev–Trinajstić information content (AvgIpc) is 2.35. The quantitative estimate of drug-likeness (QED) is 0.809. The SMILES string of the molecule is C.CN(C)CCCc1ccc(O)s1. The highest BCUT2D eigenvalue weighted by Gasteiger charge is 1.98. The molecule has 0 aliphatic rings. The summed E-state index contributed by atoms with van der Waals surface area (Å²) >= 11 is 1.48. The largest absolute Gasteiger partial charge is 0.499 e. The van der Waals surface area contributed by atoms with Gasteiger partial charge in [-0.15, -0.1) is 11.3 Å². The third-order valence-corrected chi connectivity index (χ3v) is 2.62. The lowest BCUT2D eigenvalue weighted by Gasteiger charge is -2.07. The van der Waals surface area contributed by atoms with E-state index >= 15 is 0 Å². The Balaban J connectivity index is 0.00000144. The van der Waals surface area contributed by atoms with Gasteiger partial charge in [0.05, 0.1) is 0 Å². The van der Waals surface area contributed by atoms with Crippen molar-refractivity contribution in [2.24, 2.45) is 0 Å². The van der Waals surface area contributed by atoms with E-state index in [2.05, 4.69) is 19.0 Å². The van der Waals surface area contributed by atoms with Gasteiger partial charge >= 0.3 is 0 Å². The highest BCUT2D eigenvalue weighted by atomic mass is 32.1. The minimum Gasteiger partial charge on any atom is -0.499 e. The number of rotatable bonds is 4.